The second-order valence-corrected chi connectivity index (χ2v) is 5.46. The lowest BCUT2D eigenvalue weighted by Crippen LogP contribution is -2.37. The Balaban J connectivity index is 2.46. The summed E-state index contributed by atoms with van der Waals surface area (Å²) >= 11 is 0. The van der Waals surface area contributed by atoms with Gasteiger partial charge in [-0.05, 0) is 32.6 Å². The molecule has 0 fully saturated rings. The van der Waals surface area contributed by atoms with Crippen LogP contribution >= 0.6 is 0 Å². The number of guanidine groups is 1. The van der Waals surface area contributed by atoms with E-state index in [1.165, 1.54) is 17.0 Å². The van der Waals surface area contributed by atoms with Crippen LogP contribution in [0.2, 0.25) is 0 Å². The van der Waals surface area contributed by atoms with Crippen molar-refractivity contribution in [2.75, 3.05) is 26.8 Å². The first-order valence-electron chi connectivity index (χ1n) is 8.73. The van der Waals surface area contributed by atoms with E-state index in [0.717, 1.165) is 57.9 Å². The molecule has 132 valence electrons. The van der Waals surface area contributed by atoms with Gasteiger partial charge in [0.15, 0.2) is 5.96 Å². The number of aryl methyl sites for hydroxylation is 2. The molecule has 23 heavy (non-hydrogen) atoms. The molecular formula is C17H33N5O. The molecule has 0 bridgehead atoms. The van der Waals surface area contributed by atoms with Crippen molar-refractivity contribution in [1.29, 1.82) is 0 Å². The second kappa shape index (κ2) is 11.0. The Bertz CT molecular complexity index is 482. The van der Waals surface area contributed by atoms with Crippen LogP contribution in [0.1, 0.15) is 50.6 Å². The van der Waals surface area contributed by atoms with Crippen LogP contribution in [-0.4, -0.2) is 42.5 Å². The van der Waals surface area contributed by atoms with Gasteiger partial charge in [0.25, 0.3) is 0 Å². The lowest BCUT2D eigenvalue weighted by Gasteiger charge is -2.13. The SMILES string of the molecule is CCOCCCCNC(=NC)NCc1c(CC)nn(C)c1CC. The molecule has 0 radical (unpaired) electrons. The van der Waals surface area contributed by atoms with Gasteiger partial charge in [0, 0.05) is 51.7 Å². The number of aliphatic imine (C=N–C) groups is 1. The van der Waals surface area contributed by atoms with Gasteiger partial charge in [-0.1, -0.05) is 13.8 Å². The first kappa shape index (κ1) is 19.5. The van der Waals surface area contributed by atoms with Crippen molar-refractivity contribution in [3.63, 3.8) is 0 Å². The van der Waals surface area contributed by atoms with Crippen molar-refractivity contribution in [3.8, 4) is 0 Å². The van der Waals surface area contributed by atoms with Crippen LogP contribution in [0.15, 0.2) is 4.99 Å². The van der Waals surface area contributed by atoms with Gasteiger partial charge in [0.1, 0.15) is 0 Å². The number of ether oxygens (including phenoxy) is 1. The van der Waals surface area contributed by atoms with Crippen LogP contribution in [0, 0.1) is 0 Å². The van der Waals surface area contributed by atoms with Crippen LogP contribution in [-0.2, 0) is 31.2 Å². The van der Waals surface area contributed by atoms with E-state index < -0.39 is 0 Å². The Hall–Kier alpha value is -1.56. The molecule has 0 aliphatic rings. The van der Waals surface area contributed by atoms with Crippen molar-refractivity contribution in [3.05, 3.63) is 17.0 Å². The topological polar surface area (TPSA) is 63.5 Å². The maximum Gasteiger partial charge on any atom is 0.191 e. The summed E-state index contributed by atoms with van der Waals surface area (Å²) in [7, 11) is 3.83. The van der Waals surface area contributed by atoms with Crippen LogP contribution < -0.4 is 10.6 Å². The first-order valence-corrected chi connectivity index (χ1v) is 8.73. The predicted molar refractivity (Wildman–Crippen MR) is 95.9 cm³/mol. The summed E-state index contributed by atoms with van der Waals surface area (Å²) in [6, 6.07) is 0. The Morgan fingerprint density at radius 3 is 2.57 bits per heavy atom. The number of aromatic nitrogens is 2. The second-order valence-electron chi connectivity index (χ2n) is 5.46. The van der Waals surface area contributed by atoms with Crippen molar-refractivity contribution in [1.82, 2.24) is 20.4 Å². The zero-order valence-corrected chi connectivity index (χ0v) is 15.4. The molecule has 0 saturated carbocycles. The fourth-order valence-electron chi connectivity index (χ4n) is 2.67. The number of unbranched alkanes of at least 4 members (excludes halogenated alkanes) is 1. The highest BCUT2D eigenvalue weighted by Crippen LogP contribution is 2.15. The van der Waals surface area contributed by atoms with E-state index in [9.17, 15) is 0 Å². The quantitative estimate of drug-likeness (QED) is 0.393. The number of nitrogens with one attached hydrogen (secondary N) is 2. The van der Waals surface area contributed by atoms with E-state index in [0.29, 0.717) is 0 Å². The van der Waals surface area contributed by atoms with Gasteiger partial charge in [-0.2, -0.15) is 5.10 Å². The molecule has 1 aromatic heterocycles. The summed E-state index contributed by atoms with van der Waals surface area (Å²) in [5.41, 5.74) is 3.77. The fourth-order valence-corrected chi connectivity index (χ4v) is 2.67. The third kappa shape index (κ3) is 6.22. The lowest BCUT2D eigenvalue weighted by atomic mass is 10.1. The molecule has 0 amide bonds. The highest BCUT2D eigenvalue weighted by molar-refractivity contribution is 5.79. The lowest BCUT2D eigenvalue weighted by molar-refractivity contribution is 0.143. The summed E-state index contributed by atoms with van der Waals surface area (Å²) in [5, 5.41) is 11.4. The van der Waals surface area contributed by atoms with Crippen LogP contribution in [0.4, 0.5) is 0 Å². The Kier molecular flexibility index (Phi) is 9.36. The molecule has 6 heteroatoms. The minimum Gasteiger partial charge on any atom is -0.382 e. The smallest absolute Gasteiger partial charge is 0.191 e. The van der Waals surface area contributed by atoms with Gasteiger partial charge >= 0.3 is 0 Å². The number of rotatable bonds is 10. The molecule has 1 aromatic rings. The monoisotopic (exact) mass is 323 g/mol. The average molecular weight is 323 g/mol. The van der Waals surface area contributed by atoms with Crippen molar-refractivity contribution < 1.29 is 4.74 Å². The largest absolute Gasteiger partial charge is 0.382 e. The molecule has 0 saturated heterocycles. The summed E-state index contributed by atoms with van der Waals surface area (Å²) in [4.78, 5) is 4.29. The molecule has 1 rings (SSSR count). The maximum atomic E-state index is 5.34. The molecule has 1 heterocycles. The molecule has 0 unspecified atom stereocenters. The summed E-state index contributed by atoms with van der Waals surface area (Å²) in [5.74, 6) is 0.842. The van der Waals surface area contributed by atoms with E-state index in [4.69, 9.17) is 4.74 Å². The summed E-state index contributed by atoms with van der Waals surface area (Å²) in [6.45, 7) is 9.64. The van der Waals surface area contributed by atoms with Gasteiger partial charge < -0.3 is 15.4 Å². The highest BCUT2D eigenvalue weighted by atomic mass is 16.5. The molecule has 0 aliphatic carbocycles. The third-order valence-corrected chi connectivity index (χ3v) is 3.90. The molecule has 0 aliphatic heterocycles. The zero-order valence-electron chi connectivity index (χ0n) is 15.4. The van der Waals surface area contributed by atoms with E-state index in [1.54, 1.807) is 7.05 Å². The minimum atomic E-state index is 0.763. The Labute approximate surface area is 140 Å². The average Bonchev–Trinajstić information content (AvgIpc) is 2.88. The van der Waals surface area contributed by atoms with Crippen molar-refractivity contribution in [2.45, 2.75) is 53.0 Å². The zero-order chi connectivity index (χ0) is 17.1. The standard InChI is InChI=1S/C17H33N5O/c1-6-15-14(16(7-2)22(5)21-15)13-20-17(18-4)19-11-9-10-12-23-8-3/h6-13H2,1-5H3,(H2,18,19,20). The third-order valence-electron chi connectivity index (χ3n) is 3.90. The first-order chi connectivity index (χ1) is 11.2. The Morgan fingerprint density at radius 2 is 1.96 bits per heavy atom. The predicted octanol–water partition coefficient (Wildman–Crippen LogP) is 2.03. The molecule has 6 nitrogen and oxygen atoms in total. The van der Waals surface area contributed by atoms with Gasteiger partial charge in [-0.15, -0.1) is 0 Å². The van der Waals surface area contributed by atoms with Crippen LogP contribution in [0.5, 0.6) is 0 Å². The number of hydrogen-bond donors (Lipinski definition) is 2. The van der Waals surface area contributed by atoms with Crippen molar-refractivity contribution in [2.24, 2.45) is 12.0 Å². The normalized spacial score (nSPS) is 11.8. The number of hydrogen-bond acceptors (Lipinski definition) is 3. The maximum absolute atomic E-state index is 5.34. The minimum absolute atomic E-state index is 0.763. The fraction of sp³-hybridized carbons (Fsp3) is 0.765. The molecular weight excluding hydrogens is 290 g/mol. The van der Waals surface area contributed by atoms with E-state index in [1.807, 2.05) is 18.7 Å². The summed E-state index contributed by atoms with van der Waals surface area (Å²) < 4.78 is 7.34. The molecule has 2 N–H and O–H groups in total. The number of nitrogens with zero attached hydrogens (tertiary/aromatic N) is 3. The van der Waals surface area contributed by atoms with E-state index >= 15 is 0 Å². The molecule has 0 atom stereocenters. The van der Waals surface area contributed by atoms with Crippen LogP contribution in [0.3, 0.4) is 0 Å². The summed E-state index contributed by atoms with van der Waals surface area (Å²) in [6.07, 6.45) is 4.09. The van der Waals surface area contributed by atoms with Gasteiger partial charge in [-0.3, -0.25) is 9.67 Å². The highest BCUT2D eigenvalue weighted by Gasteiger charge is 2.13. The van der Waals surface area contributed by atoms with Gasteiger partial charge in [0.05, 0.1) is 5.69 Å². The van der Waals surface area contributed by atoms with E-state index in [2.05, 4.69) is 34.6 Å². The molecule has 0 spiro atoms. The Morgan fingerprint density at radius 1 is 1.17 bits per heavy atom. The van der Waals surface area contributed by atoms with Gasteiger partial charge in [-0.25, -0.2) is 0 Å². The van der Waals surface area contributed by atoms with Crippen LogP contribution in [0.25, 0.3) is 0 Å². The molecule has 0 aromatic carbocycles. The van der Waals surface area contributed by atoms with Gasteiger partial charge in [0.2, 0.25) is 0 Å². The van der Waals surface area contributed by atoms with E-state index in [-0.39, 0.29) is 0 Å². The van der Waals surface area contributed by atoms with Crippen molar-refractivity contribution >= 4 is 5.96 Å².